The SMILES string of the molecule is CCOC(=O)C(CCOc1cc(F)ccc1C)NC. The number of hydrogen-bond acceptors (Lipinski definition) is 4. The van der Waals surface area contributed by atoms with Crippen molar-refractivity contribution in [3.63, 3.8) is 0 Å². The van der Waals surface area contributed by atoms with Crippen LogP contribution in [0.5, 0.6) is 5.75 Å². The monoisotopic (exact) mass is 269 g/mol. The van der Waals surface area contributed by atoms with Crippen molar-refractivity contribution in [1.82, 2.24) is 5.32 Å². The van der Waals surface area contributed by atoms with Gasteiger partial charge in [-0.3, -0.25) is 4.79 Å². The maximum absolute atomic E-state index is 13.1. The van der Waals surface area contributed by atoms with E-state index in [0.717, 1.165) is 5.56 Å². The largest absolute Gasteiger partial charge is 0.493 e. The molecule has 0 amide bonds. The van der Waals surface area contributed by atoms with Gasteiger partial charge in [0.15, 0.2) is 0 Å². The van der Waals surface area contributed by atoms with Gasteiger partial charge in [0.25, 0.3) is 0 Å². The molecular formula is C14H20FNO3. The first-order valence-electron chi connectivity index (χ1n) is 6.31. The standard InChI is InChI=1S/C14H20FNO3/c1-4-18-14(17)12(16-3)7-8-19-13-9-11(15)6-5-10(13)2/h5-6,9,12,16H,4,7-8H2,1-3H3. The third-order valence-corrected chi connectivity index (χ3v) is 2.73. The highest BCUT2D eigenvalue weighted by Gasteiger charge is 2.17. The molecule has 0 spiro atoms. The molecule has 1 aromatic rings. The maximum Gasteiger partial charge on any atom is 0.323 e. The zero-order chi connectivity index (χ0) is 14.3. The van der Waals surface area contributed by atoms with E-state index >= 15 is 0 Å². The van der Waals surface area contributed by atoms with Crippen molar-refractivity contribution in [3.8, 4) is 5.75 Å². The van der Waals surface area contributed by atoms with Crippen LogP contribution in [0.1, 0.15) is 18.9 Å². The summed E-state index contributed by atoms with van der Waals surface area (Å²) in [5, 5.41) is 2.87. The molecule has 106 valence electrons. The van der Waals surface area contributed by atoms with E-state index in [1.807, 2.05) is 6.92 Å². The number of hydrogen-bond donors (Lipinski definition) is 1. The van der Waals surface area contributed by atoms with E-state index in [2.05, 4.69) is 5.32 Å². The van der Waals surface area contributed by atoms with E-state index in [1.54, 1.807) is 20.0 Å². The molecule has 1 N–H and O–H groups in total. The zero-order valence-electron chi connectivity index (χ0n) is 11.5. The van der Waals surface area contributed by atoms with Gasteiger partial charge in [0.1, 0.15) is 17.6 Å². The minimum atomic E-state index is -0.409. The van der Waals surface area contributed by atoms with Crippen LogP contribution in [0.3, 0.4) is 0 Å². The lowest BCUT2D eigenvalue weighted by Gasteiger charge is -2.15. The summed E-state index contributed by atoms with van der Waals surface area (Å²) in [6.45, 7) is 4.27. The number of carbonyl (C=O) groups excluding carboxylic acids is 1. The number of rotatable bonds is 7. The summed E-state index contributed by atoms with van der Waals surface area (Å²) in [6.07, 6.45) is 0.464. The summed E-state index contributed by atoms with van der Waals surface area (Å²) >= 11 is 0. The lowest BCUT2D eigenvalue weighted by molar-refractivity contribution is -0.145. The smallest absolute Gasteiger partial charge is 0.323 e. The average Bonchev–Trinajstić information content (AvgIpc) is 2.38. The molecule has 1 unspecified atom stereocenters. The molecule has 19 heavy (non-hydrogen) atoms. The Hall–Kier alpha value is -1.62. The molecule has 0 heterocycles. The van der Waals surface area contributed by atoms with Gasteiger partial charge in [0.2, 0.25) is 0 Å². The molecule has 1 atom stereocenters. The maximum atomic E-state index is 13.1. The topological polar surface area (TPSA) is 47.6 Å². The molecule has 1 rings (SSSR count). The summed E-state index contributed by atoms with van der Waals surface area (Å²) < 4.78 is 23.5. The average molecular weight is 269 g/mol. The number of aryl methyl sites for hydroxylation is 1. The number of esters is 1. The number of carbonyl (C=O) groups is 1. The Kier molecular flexibility index (Phi) is 6.29. The predicted octanol–water partition coefficient (Wildman–Crippen LogP) is 2.05. The second-order valence-corrected chi connectivity index (χ2v) is 4.14. The van der Waals surface area contributed by atoms with E-state index in [-0.39, 0.29) is 11.8 Å². The summed E-state index contributed by atoms with van der Waals surface area (Å²) in [5.41, 5.74) is 0.860. The lowest BCUT2D eigenvalue weighted by Crippen LogP contribution is -2.36. The first-order valence-corrected chi connectivity index (χ1v) is 6.31. The fourth-order valence-corrected chi connectivity index (χ4v) is 1.64. The molecule has 0 bridgehead atoms. The summed E-state index contributed by atoms with van der Waals surface area (Å²) in [6, 6.07) is 3.98. The first kappa shape index (κ1) is 15.4. The molecule has 4 nitrogen and oxygen atoms in total. The highest BCUT2D eigenvalue weighted by molar-refractivity contribution is 5.75. The number of likely N-dealkylation sites (N-methyl/N-ethyl adjacent to an activating group) is 1. The minimum Gasteiger partial charge on any atom is -0.493 e. The quantitative estimate of drug-likeness (QED) is 0.770. The van der Waals surface area contributed by atoms with E-state index in [0.29, 0.717) is 25.4 Å². The normalized spacial score (nSPS) is 12.0. The van der Waals surface area contributed by atoms with Gasteiger partial charge in [-0.25, -0.2) is 4.39 Å². The molecule has 0 fully saturated rings. The van der Waals surface area contributed by atoms with Gasteiger partial charge in [0.05, 0.1) is 13.2 Å². The second kappa shape index (κ2) is 7.74. The van der Waals surface area contributed by atoms with Crippen LogP contribution in [0, 0.1) is 12.7 Å². The molecule has 0 aliphatic rings. The molecule has 0 aromatic heterocycles. The number of halogens is 1. The fourth-order valence-electron chi connectivity index (χ4n) is 1.64. The molecule has 1 aromatic carbocycles. The highest BCUT2D eigenvalue weighted by Crippen LogP contribution is 2.18. The third-order valence-electron chi connectivity index (χ3n) is 2.73. The Morgan fingerprint density at radius 2 is 2.21 bits per heavy atom. The molecule has 0 aliphatic carbocycles. The van der Waals surface area contributed by atoms with Crippen LogP contribution in [0.4, 0.5) is 4.39 Å². The highest BCUT2D eigenvalue weighted by atomic mass is 19.1. The molecular weight excluding hydrogens is 249 g/mol. The minimum absolute atomic E-state index is 0.301. The molecule has 0 saturated carbocycles. The Labute approximate surface area is 112 Å². The Bertz CT molecular complexity index is 423. The van der Waals surface area contributed by atoms with Gasteiger partial charge < -0.3 is 14.8 Å². The van der Waals surface area contributed by atoms with Gasteiger partial charge in [-0.05, 0) is 32.5 Å². The Morgan fingerprint density at radius 1 is 1.47 bits per heavy atom. The molecule has 0 radical (unpaired) electrons. The zero-order valence-corrected chi connectivity index (χ0v) is 11.5. The van der Waals surface area contributed by atoms with Crippen LogP contribution in [0.2, 0.25) is 0 Å². The van der Waals surface area contributed by atoms with Gasteiger partial charge in [-0.15, -0.1) is 0 Å². The molecule has 5 heteroatoms. The van der Waals surface area contributed by atoms with Gasteiger partial charge in [-0.2, -0.15) is 0 Å². The van der Waals surface area contributed by atoms with Crippen molar-refractivity contribution in [2.45, 2.75) is 26.3 Å². The van der Waals surface area contributed by atoms with Gasteiger partial charge in [0, 0.05) is 12.5 Å². The van der Waals surface area contributed by atoms with Crippen LogP contribution in [0.15, 0.2) is 18.2 Å². The van der Waals surface area contributed by atoms with Gasteiger partial charge in [-0.1, -0.05) is 6.07 Å². The van der Waals surface area contributed by atoms with Crippen LogP contribution in [-0.4, -0.2) is 32.3 Å². The van der Waals surface area contributed by atoms with Crippen molar-refractivity contribution < 1.29 is 18.7 Å². The number of benzene rings is 1. The summed E-state index contributed by atoms with van der Waals surface area (Å²) in [4.78, 5) is 11.5. The van der Waals surface area contributed by atoms with E-state index in [9.17, 15) is 9.18 Å². The van der Waals surface area contributed by atoms with Crippen molar-refractivity contribution >= 4 is 5.97 Å². The lowest BCUT2D eigenvalue weighted by atomic mass is 10.2. The number of ether oxygens (including phenoxy) is 2. The van der Waals surface area contributed by atoms with Crippen LogP contribution >= 0.6 is 0 Å². The summed E-state index contributed by atoms with van der Waals surface area (Å²) in [5.74, 6) is -0.139. The van der Waals surface area contributed by atoms with E-state index < -0.39 is 6.04 Å². The fraction of sp³-hybridized carbons (Fsp3) is 0.500. The van der Waals surface area contributed by atoms with Gasteiger partial charge >= 0.3 is 5.97 Å². The van der Waals surface area contributed by atoms with Crippen LogP contribution in [-0.2, 0) is 9.53 Å². The van der Waals surface area contributed by atoms with E-state index in [1.165, 1.54) is 12.1 Å². The van der Waals surface area contributed by atoms with Crippen molar-refractivity contribution in [2.75, 3.05) is 20.3 Å². The first-order chi connectivity index (χ1) is 9.08. The Morgan fingerprint density at radius 3 is 2.84 bits per heavy atom. The molecule has 0 saturated heterocycles. The van der Waals surface area contributed by atoms with Crippen molar-refractivity contribution in [2.24, 2.45) is 0 Å². The van der Waals surface area contributed by atoms with Crippen molar-refractivity contribution in [1.29, 1.82) is 0 Å². The second-order valence-electron chi connectivity index (χ2n) is 4.14. The number of nitrogens with one attached hydrogen (secondary N) is 1. The van der Waals surface area contributed by atoms with Crippen LogP contribution < -0.4 is 10.1 Å². The van der Waals surface area contributed by atoms with Crippen LogP contribution in [0.25, 0.3) is 0 Å². The summed E-state index contributed by atoms with van der Waals surface area (Å²) in [7, 11) is 1.69. The van der Waals surface area contributed by atoms with E-state index in [4.69, 9.17) is 9.47 Å². The predicted molar refractivity (Wildman–Crippen MR) is 70.7 cm³/mol. The third kappa shape index (κ3) is 4.87. The Balaban J connectivity index is 2.48. The molecule has 0 aliphatic heterocycles. The van der Waals surface area contributed by atoms with Crippen molar-refractivity contribution in [3.05, 3.63) is 29.6 Å².